The van der Waals surface area contributed by atoms with Crippen molar-refractivity contribution in [1.82, 2.24) is 5.32 Å². The highest BCUT2D eigenvalue weighted by atomic mass is 35.5. The third kappa shape index (κ3) is 5.61. The molecule has 98 valence electrons. The Labute approximate surface area is 118 Å². The maximum atomic E-state index is 11.8. The van der Waals surface area contributed by atoms with Crippen LogP contribution in [0.4, 0.5) is 0 Å². The minimum absolute atomic E-state index is 0.0689. The van der Waals surface area contributed by atoms with Crippen molar-refractivity contribution in [2.45, 2.75) is 30.4 Å². The smallest absolute Gasteiger partial charge is 0.233 e. The Kier molecular flexibility index (Phi) is 6.91. The van der Waals surface area contributed by atoms with Gasteiger partial charge >= 0.3 is 0 Å². The lowest BCUT2D eigenvalue weighted by molar-refractivity contribution is -0.120. The number of amides is 1. The van der Waals surface area contributed by atoms with Crippen LogP contribution in [0.2, 0.25) is 5.02 Å². The Bertz CT molecular complexity index is 403. The summed E-state index contributed by atoms with van der Waals surface area (Å²) in [4.78, 5) is 12.8. The molecule has 0 saturated heterocycles. The molecule has 1 rings (SSSR count). The molecule has 0 heterocycles. The van der Waals surface area contributed by atoms with Crippen LogP contribution in [-0.2, 0) is 4.79 Å². The van der Waals surface area contributed by atoms with E-state index < -0.39 is 0 Å². The summed E-state index contributed by atoms with van der Waals surface area (Å²) in [5, 5.41) is 3.52. The van der Waals surface area contributed by atoms with Gasteiger partial charge < -0.3 is 5.32 Å². The van der Waals surface area contributed by atoms with Crippen LogP contribution in [0.25, 0.3) is 0 Å². The van der Waals surface area contributed by atoms with E-state index in [0.717, 1.165) is 11.3 Å². The van der Waals surface area contributed by atoms with Crippen LogP contribution in [0.1, 0.15) is 20.3 Å². The summed E-state index contributed by atoms with van der Waals surface area (Å²) in [6.45, 7) is 4.57. The van der Waals surface area contributed by atoms with E-state index in [1.807, 2.05) is 50.3 Å². The van der Waals surface area contributed by atoms with Gasteiger partial charge in [-0.05, 0) is 44.5 Å². The average Bonchev–Trinajstić information content (AvgIpc) is 2.37. The lowest BCUT2D eigenvalue weighted by Crippen LogP contribution is -2.31. The molecular formula is C14H18ClNOS. The zero-order valence-corrected chi connectivity index (χ0v) is 12.2. The second-order valence-electron chi connectivity index (χ2n) is 3.86. The van der Waals surface area contributed by atoms with E-state index in [1.165, 1.54) is 11.8 Å². The molecule has 0 aliphatic rings. The quantitative estimate of drug-likeness (QED) is 0.487. The molecule has 0 fully saturated rings. The van der Waals surface area contributed by atoms with Crippen molar-refractivity contribution < 1.29 is 4.79 Å². The predicted molar refractivity (Wildman–Crippen MR) is 79.2 cm³/mol. The molecule has 0 spiro atoms. The molecule has 18 heavy (non-hydrogen) atoms. The fraction of sp³-hybridized carbons (Fsp3) is 0.357. The van der Waals surface area contributed by atoms with Gasteiger partial charge in [-0.25, -0.2) is 0 Å². The number of carbonyl (C=O) groups excluding carboxylic acids is 1. The number of thioether (sulfide) groups is 1. The van der Waals surface area contributed by atoms with Gasteiger partial charge in [-0.3, -0.25) is 4.79 Å². The molecule has 0 saturated carbocycles. The molecule has 0 bridgehead atoms. The molecule has 1 N–H and O–H groups in total. The largest absolute Gasteiger partial charge is 0.355 e. The van der Waals surface area contributed by atoms with Crippen LogP contribution in [0, 0.1) is 0 Å². The molecule has 0 aromatic heterocycles. The summed E-state index contributed by atoms with van der Waals surface area (Å²) >= 11 is 7.35. The molecule has 1 aromatic carbocycles. The monoisotopic (exact) mass is 283 g/mol. The number of hydrogen-bond donors (Lipinski definition) is 1. The van der Waals surface area contributed by atoms with Crippen LogP contribution < -0.4 is 5.32 Å². The van der Waals surface area contributed by atoms with Gasteiger partial charge in [-0.2, -0.15) is 0 Å². The fourth-order valence-corrected chi connectivity index (χ4v) is 2.38. The minimum atomic E-state index is -0.100. The molecule has 2 nitrogen and oxygen atoms in total. The van der Waals surface area contributed by atoms with Crippen molar-refractivity contribution in [1.29, 1.82) is 0 Å². The Morgan fingerprint density at radius 1 is 1.44 bits per heavy atom. The highest BCUT2D eigenvalue weighted by molar-refractivity contribution is 8.00. The van der Waals surface area contributed by atoms with E-state index in [4.69, 9.17) is 11.6 Å². The van der Waals surface area contributed by atoms with E-state index in [1.54, 1.807) is 0 Å². The first kappa shape index (κ1) is 15.1. The van der Waals surface area contributed by atoms with Crippen LogP contribution in [0.3, 0.4) is 0 Å². The number of allylic oxidation sites excluding steroid dienone is 1. The Morgan fingerprint density at radius 2 is 2.11 bits per heavy atom. The molecule has 1 amide bonds. The van der Waals surface area contributed by atoms with Gasteiger partial charge in [0, 0.05) is 16.5 Å². The first-order valence-corrected chi connectivity index (χ1v) is 7.20. The summed E-state index contributed by atoms with van der Waals surface area (Å²) in [7, 11) is 0. The van der Waals surface area contributed by atoms with Crippen molar-refractivity contribution in [2.24, 2.45) is 0 Å². The molecule has 1 unspecified atom stereocenters. The summed E-state index contributed by atoms with van der Waals surface area (Å²) in [6.07, 6.45) is 4.90. The Morgan fingerprint density at radius 3 is 2.72 bits per heavy atom. The number of rotatable bonds is 6. The SMILES string of the molecule is C/C=C/CCNC(=O)C(C)Sc1ccc(Cl)cc1. The maximum Gasteiger partial charge on any atom is 0.233 e. The van der Waals surface area contributed by atoms with Crippen molar-refractivity contribution in [3.05, 3.63) is 41.4 Å². The van der Waals surface area contributed by atoms with E-state index >= 15 is 0 Å². The van der Waals surface area contributed by atoms with Crippen molar-refractivity contribution in [2.75, 3.05) is 6.54 Å². The van der Waals surface area contributed by atoms with Gasteiger partial charge in [0.15, 0.2) is 0 Å². The zero-order chi connectivity index (χ0) is 13.4. The predicted octanol–water partition coefficient (Wildman–Crippen LogP) is 3.90. The van der Waals surface area contributed by atoms with E-state index in [2.05, 4.69) is 5.32 Å². The second kappa shape index (κ2) is 8.22. The minimum Gasteiger partial charge on any atom is -0.355 e. The third-order valence-corrected chi connectivity index (χ3v) is 3.71. The standard InChI is InChI=1S/C14H18ClNOS/c1-3-4-5-10-16-14(17)11(2)18-13-8-6-12(15)7-9-13/h3-4,6-9,11H,5,10H2,1-2H3,(H,16,17)/b4-3+. The van der Waals surface area contributed by atoms with Crippen LogP contribution >= 0.6 is 23.4 Å². The summed E-state index contributed by atoms with van der Waals surface area (Å²) < 4.78 is 0. The zero-order valence-electron chi connectivity index (χ0n) is 10.7. The molecule has 1 atom stereocenters. The van der Waals surface area contributed by atoms with Gasteiger partial charge in [0.2, 0.25) is 5.91 Å². The lowest BCUT2D eigenvalue weighted by Gasteiger charge is -2.11. The molecule has 0 radical (unpaired) electrons. The summed E-state index contributed by atoms with van der Waals surface area (Å²) in [6, 6.07) is 7.52. The number of benzene rings is 1. The molecular weight excluding hydrogens is 266 g/mol. The van der Waals surface area contributed by atoms with E-state index in [-0.39, 0.29) is 11.2 Å². The molecule has 1 aromatic rings. The van der Waals surface area contributed by atoms with Crippen molar-refractivity contribution in [3.8, 4) is 0 Å². The third-order valence-electron chi connectivity index (χ3n) is 2.34. The summed E-state index contributed by atoms with van der Waals surface area (Å²) in [5.41, 5.74) is 0. The Balaban J connectivity index is 2.37. The highest BCUT2D eigenvalue weighted by Gasteiger charge is 2.13. The molecule has 0 aliphatic carbocycles. The number of carbonyl (C=O) groups is 1. The number of hydrogen-bond acceptors (Lipinski definition) is 2. The first-order valence-electron chi connectivity index (χ1n) is 5.94. The van der Waals surface area contributed by atoms with Crippen LogP contribution in [0.15, 0.2) is 41.3 Å². The normalized spacial score (nSPS) is 12.6. The molecule has 0 aliphatic heterocycles. The fourth-order valence-electron chi connectivity index (χ4n) is 1.36. The van der Waals surface area contributed by atoms with E-state index in [0.29, 0.717) is 11.6 Å². The van der Waals surface area contributed by atoms with Gasteiger partial charge in [0.1, 0.15) is 0 Å². The van der Waals surface area contributed by atoms with Gasteiger partial charge in [-0.15, -0.1) is 11.8 Å². The molecule has 4 heteroatoms. The first-order chi connectivity index (χ1) is 8.63. The average molecular weight is 284 g/mol. The Hall–Kier alpha value is -0.930. The van der Waals surface area contributed by atoms with Gasteiger partial charge in [-0.1, -0.05) is 23.8 Å². The van der Waals surface area contributed by atoms with Crippen molar-refractivity contribution in [3.63, 3.8) is 0 Å². The number of halogens is 1. The topological polar surface area (TPSA) is 29.1 Å². The van der Waals surface area contributed by atoms with Crippen LogP contribution in [-0.4, -0.2) is 17.7 Å². The highest BCUT2D eigenvalue weighted by Crippen LogP contribution is 2.24. The second-order valence-corrected chi connectivity index (χ2v) is 5.71. The lowest BCUT2D eigenvalue weighted by atomic mass is 10.3. The van der Waals surface area contributed by atoms with Crippen molar-refractivity contribution >= 4 is 29.3 Å². The van der Waals surface area contributed by atoms with Gasteiger partial charge in [0.05, 0.1) is 5.25 Å². The van der Waals surface area contributed by atoms with E-state index in [9.17, 15) is 4.79 Å². The number of nitrogens with one attached hydrogen (secondary N) is 1. The van der Waals surface area contributed by atoms with Gasteiger partial charge in [0.25, 0.3) is 0 Å². The maximum absolute atomic E-state index is 11.8. The van der Waals surface area contributed by atoms with Crippen LogP contribution in [0.5, 0.6) is 0 Å². The summed E-state index contributed by atoms with van der Waals surface area (Å²) in [5.74, 6) is 0.0689.